The molecule has 1 atom stereocenters. The fraction of sp³-hybridized carbons (Fsp3) is 0.235. The molecular formula is C17H18N2O5. The molecular weight excluding hydrogens is 312 g/mol. The standard InChI is InChI=1S/C17H18N2O5/c1-11-8-9-13(19(21)22)10-14(11)18-17(20)12(2)24-16-7-5-4-6-15(16)23-3/h4-10,12H,1-3H3,(H,18,20). The van der Waals surface area contributed by atoms with E-state index in [4.69, 9.17) is 9.47 Å². The third-order valence-corrected chi connectivity index (χ3v) is 3.43. The minimum absolute atomic E-state index is 0.0887. The highest BCUT2D eigenvalue weighted by atomic mass is 16.6. The van der Waals surface area contributed by atoms with Crippen molar-refractivity contribution in [3.8, 4) is 11.5 Å². The fourth-order valence-electron chi connectivity index (χ4n) is 2.05. The van der Waals surface area contributed by atoms with Gasteiger partial charge >= 0.3 is 0 Å². The first kappa shape index (κ1) is 17.3. The molecule has 0 aliphatic carbocycles. The van der Waals surface area contributed by atoms with E-state index < -0.39 is 16.9 Å². The Hall–Kier alpha value is -3.09. The zero-order chi connectivity index (χ0) is 17.7. The molecule has 0 radical (unpaired) electrons. The van der Waals surface area contributed by atoms with E-state index >= 15 is 0 Å². The maximum absolute atomic E-state index is 12.3. The van der Waals surface area contributed by atoms with Gasteiger partial charge in [0.15, 0.2) is 17.6 Å². The van der Waals surface area contributed by atoms with Crippen LogP contribution in [-0.2, 0) is 4.79 Å². The molecule has 0 aliphatic heterocycles. The summed E-state index contributed by atoms with van der Waals surface area (Å²) in [5, 5.41) is 13.5. The van der Waals surface area contributed by atoms with Crippen LogP contribution in [0.1, 0.15) is 12.5 Å². The number of nitrogens with zero attached hydrogens (tertiary/aromatic N) is 1. The van der Waals surface area contributed by atoms with Gasteiger partial charge in [-0.25, -0.2) is 0 Å². The Morgan fingerprint density at radius 3 is 2.50 bits per heavy atom. The summed E-state index contributed by atoms with van der Waals surface area (Å²) >= 11 is 0. The van der Waals surface area contributed by atoms with E-state index in [2.05, 4.69) is 5.32 Å². The quantitative estimate of drug-likeness (QED) is 0.648. The van der Waals surface area contributed by atoms with Gasteiger partial charge in [-0.3, -0.25) is 14.9 Å². The molecule has 1 N–H and O–H groups in total. The van der Waals surface area contributed by atoms with Crippen molar-refractivity contribution in [3.05, 3.63) is 58.1 Å². The maximum atomic E-state index is 12.3. The number of methoxy groups -OCH3 is 1. The summed E-state index contributed by atoms with van der Waals surface area (Å²) < 4.78 is 10.8. The van der Waals surface area contributed by atoms with Gasteiger partial charge in [-0.1, -0.05) is 18.2 Å². The number of hydrogen-bond acceptors (Lipinski definition) is 5. The highest BCUT2D eigenvalue weighted by Gasteiger charge is 2.18. The Bertz CT molecular complexity index is 760. The molecule has 1 unspecified atom stereocenters. The van der Waals surface area contributed by atoms with Gasteiger partial charge in [-0.05, 0) is 31.5 Å². The third-order valence-electron chi connectivity index (χ3n) is 3.43. The van der Waals surface area contributed by atoms with Gasteiger partial charge in [0.2, 0.25) is 0 Å². The van der Waals surface area contributed by atoms with Crippen LogP contribution in [0.3, 0.4) is 0 Å². The summed E-state index contributed by atoms with van der Waals surface area (Å²) in [6.07, 6.45) is -0.806. The summed E-state index contributed by atoms with van der Waals surface area (Å²) in [7, 11) is 1.51. The molecule has 1 amide bonds. The average Bonchev–Trinajstić information content (AvgIpc) is 2.57. The van der Waals surface area contributed by atoms with Gasteiger partial charge in [0.1, 0.15) is 0 Å². The highest BCUT2D eigenvalue weighted by molar-refractivity contribution is 5.95. The van der Waals surface area contributed by atoms with Gasteiger partial charge in [0.25, 0.3) is 11.6 Å². The first-order valence-electron chi connectivity index (χ1n) is 7.28. The van der Waals surface area contributed by atoms with E-state index in [1.54, 1.807) is 44.2 Å². The van der Waals surface area contributed by atoms with Crippen LogP contribution < -0.4 is 14.8 Å². The topological polar surface area (TPSA) is 90.7 Å². The average molecular weight is 330 g/mol. The number of ether oxygens (including phenoxy) is 2. The Kier molecular flexibility index (Phi) is 5.36. The lowest BCUT2D eigenvalue weighted by Gasteiger charge is -2.17. The number of carbonyl (C=O) groups excluding carboxylic acids is 1. The SMILES string of the molecule is COc1ccccc1OC(C)C(=O)Nc1cc([N+](=O)[O-])ccc1C. The Morgan fingerprint density at radius 2 is 1.88 bits per heavy atom. The minimum atomic E-state index is -0.806. The highest BCUT2D eigenvalue weighted by Crippen LogP contribution is 2.27. The number of para-hydroxylation sites is 2. The minimum Gasteiger partial charge on any atom is -0.493 e. The number of carbonyl (C=O) groups is 1. The van der Waals surface area contributed by atoms with Crippen LogP contribution in [0.4, 0.5) is 11.4 Å². The third kappa shape index (κ3) is 4.01. The largest absolute Gasteiger partial charge is 0.493 e. The molecule has 7 heteroatoms. The molecule has 0 heterocycles. The molecule has 0 fully saturated rings. The first-order chi connectivity index (χ1) is 11.4. The van der Waals surface area contributed by atoms with Gasteiger partial charge in [-0.2, -0.15) is 0 Å². The molecule has 0 saturated carbocycles. The number of nitro groups is 1. The van der Waals surface area contributed by atoms with E-state index in [1.807, 2.05) is 0 Å². The monoisotopic (exact) mass is 330 g/mol. The number of rotatable bonds is 6. The van der Waals surface area contributed by atoms with Crippen LogP contribution in [-0.4, -0.2) is 24.0 Å². The summed E-state index contributed by atoms with van der Waals surface area (Å²) in [5.41, 5.74) is 1.01. The van der Waals surface area contributed by atoms with Crippen molar-refractivity contribution < 1.29 is 19.2 Å². The van der Waals surface area contributed by atoms with E-state index in [0.29, 0.717) is 17.2 Å². The van der Waals surface area contributed by atoms with E-state index in [-0.39, 0.29) is 5.69 Å². The second-order valence-electron chi connectivity index (χ2n) is 5.16. The number of nitrogens with one attached hydrogen (secondary N) is 1. The maximum Gasteiger partial charge on any atom is 0.271 e. The van der Waals surface area contributed by atoms with Crippen molar-refractivity contribution in [2.75, 3.05) is 12.4 Å². The number of aryl methyl sites for hydroxylation is 1. The number of nitro benzene ring substituents is 1. The Labute approximate surface area is 139 Å². The van der Waals surface area contributed by atoms with Crippen molar-refractivity contribution in [2.45, 2.75) is 20.0 Å². The molecule has 2 rings (SSSR count). The van der Waals surface area contributed by atoms with Crippen molar-refractivity contribution in [3.63, 3.8) is 0 Å². The Balaban J connectivity index is 2.12. The molecule has 24 heavy (non-hydrogen) atoms. The lowest BCUT2D eigenvalue weighted by molar-refractivity contribution is -0.384. The van der Waals surface area contributed by atoms with Crippen LogP contribution in [0.25, 0.3) is 0 Å². The number of non-ortho nitro benzene ring substituents is 1. The molecule has 126 valence electrons. The van der Waals surface area contributed by atoms with Crippen LogP contribution in [0, 0.1) is 17.0 Å². The van der Waals surface area contributed by atoms with E-state index in [1.165, 1.54) is 19.2 Å². The van der Waals surface area contributed by atoms with Gasteiger partial charge in [0, 0.05) is 12.1 Å². The van der Waals surface area contributed by atoms with Gasteiger partial charge < -0.3 is 14.8 Å². The van der Waals surface area contributed by atoms with Gasteiger partial charge in [-0.15, -0.1) is 0 Å². The van der Waals surface area contributed by atoms with Crippen LogP contribution in [0.5, 0.6) is 11.5 Å². The van der Waals surface area contributed by atoms with Crippen molar-refractivity contribution >= 4 is 17.3 Å². The molecule has 0 spiro atoms. The van der Waals surface area contributed by atoms with Crippen LogP contribution >= 0.6 is 0 Å². The number of hydrogen-bond donors (Lipinski definition) is 1. The normalized spacial score (nSPS) is 11.5. The molecule has 0 aliphatic rings. The van der Waals surface area contributed by atoms with Crippen molar-refractivity contribution in [1.29, 1.82) is 0 Å². The fourth-order valence-corrected chi connectivity index (χ4v) is 2.05. The second-order valence-corrected chi connectivity index (χ2v) is 5.16. The second kappa shape index (κ2) is 7.45. The molecule has 2 aromatic rings. The summed E-state index contributed by atoms with van der Waals surface area (Å²) in [6.45, 7) is 3.35. The van der Waals surface area contributed by atoms with Gasteiger partial charge in [0.05, 0.1) is 17.7 Å². The predicted octanol–water partition coefficient (Wildman–Crippen LogP) is 3.32. The number of anilines is 1. The van der Waals surface area contributed by atoms with E-state index in [9.17, 15) is 14.9 Å². The summed E-state index contributed by atoms with van der Waals surface area (Å²) in [5.74, 6) is 0.548. The van der Waals surface area contributed by atoms with E-state index in [0.717, 1.165) is 5.56 Å². The smallest absolute Gasteiger partial charge is 0.271 e. The Morgan fingerprint density at radius 1 is 1.21 bits per heavy atom. The zero-order valence-corrected chi connectivity index (χ0v) is 13.6. The molecule has 0 bridgehead atoms. The molecule has 7 nitrogen and oxygen atoms in total. The molecule has 2 aromatic carbocycles. The number of benzene rings is 2. The first-order valence-corrected chi connectivity index (χ1v) is 7.28. The van der Waals surface area contributed by atoms with Crippen molar-refractivity contribution in [1.82, 2.24) is 0 Å². The lowest BCUT2D eigenvalue weighted by Crippen LogP contribution is -2.30. The summed E-state index contributed by atoms with van der Waals surface area (Å²) in [4.78, 5) is 22.6. The number of amides is 1. The van der Waals surface area contributed by atoms with Crippen LogP contribution in [0.15, 0.2) is 42.5 Å². The predicted molar refractivity (Wildman–Crippen MR) is 89.5 cm³/mol. The zero-order valence-electron chi connectivity index (χ0n) is 13.6. The summed E-state index contributed by atoms with van der Waals surface area (Å²) in [6, 6.07) is 11.3. The van der Waals surface area contributed by atoms with Crippen LogP contribution in [0.2, 0.25) is 0 Å². The molecule has 0 aromatic heterocycles. The van der Waals surface area contributed by atoms with Crippen molar-refractivity contribution in [2.24, 2.45) is 0 Å². The lowest BCUT2D eigenvalue weighted by atomic mass is 10.1. The molecule has 0 saturated heterocycles.